The summed E-state index contributed by atoms with van der Waals surface area (Å²) in [6.45, 7) is 2.39. The second-order valence-electron chi connectivity index (χ2n) is 9.05. The van der Waals surface area contributed by atoms with Gasteiger partial charge >= 0.3 is 0 Å². The number of nitrogens with zero attached hydrogens (tertiary/aromatic N) is 1. The molecule has 5 rings (SSSR count). The molecular formula is C26H29N3O3S. The number of anilines is 1. The van der Waals surface area contributed by atoms with Crippen molar-refractivity contribution in [3.8, 4) is 0 Å². The molecule has 3 heterocycles. The molecule has 1 spiro atoms. The van der Waals surface area contributed by atoms with E-state index in [1.165, 1.54) is 4.90 Å². The monoisotopic (exact) mass is 463 g/mol. The summed E-state index contributed by atoms with van der Waals surface area (Å²) in [5, 5.41) is 6.58. The Morgan fingerprint density at radius 2 is 1.82 bits per heavy atom. The molecule has 2 saturated heterocycles. The zero-order valence-electron chi connectivity index (χ0n) is 19.0. The first kappa shape index (κ1) is 22.2. The molecule has 7 heteroatoms. The molecule has 0 aliphatic carbocycles. The summed E-state index contributed by atoms with van der Waals surface area (Å²) >= 11 is 1.71. The van der Waals surface area contributed by atoms with E-state index in [2.05, 4.69) is 17.6 Å². The Kier molecular flexibility index (Phi) is 5.79. The fourth-order valence-electron chi connectivity index (χ4n) is 5.84. The van der Waals surface area contributed by atoms with E-state index in [9.17, 15) is 14.4 Å². The highest BCUT2D eigenvalue weighted by molar-refractivity contribution is 7.98. The molecule has 33 heavy (non-hydrogen) atoms. The number of amides is 3. The summed E-state index contributed by atoms with van der Waals surface area (Å²) in [7, 11) is 0. The molecule has 4 atom stereocenters. The van der Waals surface area contributed by atoms with Crippen LogP contribution in [0.15, 0.2) is 48.5 Å². The summed E-state index contributed by atoms with van der Waals surface area (Å²) in [6, 6.07) is 15.5. The number of rotatable bonds is 7. The van der Waals surface area contributed by atoms with Crippen LogP contribution in [0.1, 0.15) is 30.0 Å². The van der Waals surface area contributed by atoms with Crippen molar-refractivity contribution in [2.45, 2.75) is 37.8 Å². The third-order valence-electron chi connectivity index (χ3n) is 7.41. The van der Waals surface area contributed by atoms with Gasteiger partial charge in [-0.15, -0.1) is 0 Å². The maximum atomic E-state index is 13.8. The highest BCUT2D eigenvalue weighted by Crippen LogP contribution is 2.54. The Bertz CT molecular complexity index is 1110. The maximum absolute atomic E-state index is 13.8. The minimum atomic E-state index is -1.19. The van der Waals surface area contributed by atoms with Gasteiger partial charge < -0.3 is 5.32 Å². The van der Waals surface area contributed by atoms with Gasteiger partial charge in [0.1, 0.15) is 5.54 Å². The smallest absolute Gasteiger partial charge is 0.250 e. The number of para-hydroxylation sites is 1. The number of carbonyl (C=O) groups is 3. The number of fused-ring (bicyclic) bond motifs is 4. The van der Waals surface area contributed by atoms with E-state index in [0.717, 1.165) is 41.0 Å². The Balaban J connectivity index is 1.54. The normalized spacial score (nSPS) is 27.9. The molecule has 0 aromatic heterocycles. The predicted molar refractivity (Wildman–Crippen MR) is 130 cm³/mol. The fourth-order valence-corrected chi connectivity index (χ4v) is 6.33. The van der Waals surface area contributed by atoms with Crippen LogP contribution in [0.3, 0.4) is 0 Å². The second kappa shape index (κ2) is 8.61. The zero-order chi connectivity index (χ0) is 23.2. The Hall–Kier alpha value is -2.64. The quantitative estimate of drug-likeness (QED) is 0.618. The van der Waals surface area contributed by atoms with E-state index in [4.69, 9.17) is 0 Å². The largest absolute Gasteiger partial charge is 0.324 e. The van der Waals surface area contributed by atoms with Crippen molar-refractivity contribution < 1.29 is 14.4 Å². The van der Waals surface area contributed by atoms with Crippen molar-refractivity contribution in [3.63, 3.8) is 0 Å². The van der Waals surface area contributed by atoms with Gasteiger partial charge in [-0.25, -0.2) is 0 Å². The van der Waals surface area contributed by atoms with Gasteiger partial charge in [0, 0.05) is 23.8 Å². The number of hydrogen-bond donors (Lipinski definition) is 2. The van der Waals surface area contributed by atoms with Gasteiger partial charge in [0.15, 0.2) is 0 Å². The molecule has 0 bridgehead atoms. The van der Waals surface area contributed by atoms with Crippen molar-refractivity contribution in [2.75, 3.05) is 23.9 Å². The van der Waals surface area contributed by atoms with Crippen LogP contribution in [0.4, 0.5) is 5.69 Å². The van der Waals surface area contributed by atoms with Crippen molar-refractivity contribution in [3.05, 3.63) is 65.2 Å². The lowest BCUT2D eigenvalue weighted by Crippen LogP contribution is -2.53. The van der Waals surface area contributed by atoms with Gasteiger partial charge in [-0.1, -0.05) is 55.5 Å². The first-order chi connectivity index (χ1) is 16.0. The topological polar surface area (TPSA) is 78.5 Å². The lowest BCUT2D eigenvalue weighted by Gasteiger charge is -2.29. The van der Waals surface area contributed by atoms with E-state index < -0.39 is 17.4 Å². The molecule has 172 valence electrons. The van der Waals surface area contributed by atoms with Crippen molar-refractivity contribution >= 4 is 35.2 Å². The van der Waals surface area contributed by atoms with Gasteiger partial charge in [-0.2, -0.15) is 11.8 Å². The Morgan fingerprint density at radius 1 is 1.03 bits per heavy atom. The summed E-state index contributed by atoms with van der Waals surface area (Å²) in [5.74, 6) is -0.991. The first-order valence-corrected chi connectivity index (χ1v) is 13.0. The molecule has 3 amide bonds. The molecule has 2 N–H and O–H groups in total. The number of imide groups is 1. The average molecular weight is 464 g/mol. The number of aryl methyl sites for hydroxylation is 1. The van der Waals surface area contributed by atoms with Crippen molar-refractivity contribution in [1.29, 1.82) is 0 Å². The molecule has 0 unspecified atom stereocenters. The SMILES string of the molecule is CCc1cccc2c1NC(=O)[C@@]21N[C@H](CCSC)[C@H]2C(=O)N(CCc3ccccc3)C(=O)[C@H]21. The fraction of sp³-hybridized carbons (Fsp3) is 0.423. The maximum Gasteiger partial charge on any atom is 0.250 e. The highest BCUT2D eigenvalue weighted by atomic mass is 32.2. The van der Waals surface area contributed by atoms with Gasteiger partial charge in [0.2, 0.25) is 17.7 Å². The minimum Gasteiger partial charge on any atom is -0.324 e. The minimum absolute atomic E-state index is 0.149. The van der Waals surface area contributed by atoms with Crippen molar-refractivity contribution in [1.82, 2.24) is 10.2 Å². The lowest BCUT2D eigenvalue weighted by atomic mass is 9.76. The van der Waals surface area contributed by atoms with Crippen molar-refractivity contribution in [2.24, 2.45) is 11.8 Å². The Morgan fingerprint density at radius 3 is 2.55 bits per heavy atom. The van der Waals surface area contributed by atoms with Gasteiger partial charge in [-0.3, -0.25) is 24.6 Å². The molecule has 2 aromatic carbocycles. The molecule has 0 radical (unpaired) electrons. The highest BCUT2D eigenvalue weighted by Gasteiger charge is 2.70. The van der Waals surface area contributed by atoms with Crippen LogP contribution < -0.4 is 10.6 Å². The average Bonchev–Trinajstić information content (AvgIpc) is 3.41. The number of hydrogen-bond acceptors (Lipinski definition) is 5. The number of benzene rings is 2. The molecule has 0 saturated carbocycles. The number of thioether (sulfide) groups is 1. The van der Waals surface area contributed by atoms with E-state index >= 15 is 0 Å². The summed E-state index contributed by atoms with van der Waals surface area (Å²) in [6.07, 6.45) is 4.14. The molecule has 3 aliphatic rings. The molecule has 2 aromatic rings. The van der Waals surface area contributed by atoms with Crippen LogP contribution >= 0.6 is 11.8 Å². The van der Waals surface area contributed by atoms with E-state index in [-0.39, 0.29) is 23.8 Å². The van der Waals surface area contributed by atoms with Crippen LogP contribution in [0.5, 0.6) is 0 Å². The molecule has 3 aliphatic heterocycles. The number of nitrogens with one attached hydrogen (secondary N) is 2. The molecule has 2 fully saturated rings. The summed E-state index contributed by atoms with van der Waals surface area (Å²) in [5.41, 5.74) is 2.53. The van der Waals surface area contributed by atoms with Crippen LogP contribution in [0.25, 0.3) is 0 Å². The number of carbonyl (C=O) groups excluding carboxylic acids is 3. The first-order valence-electron chi connectivity index (χ1n) is 11.6. The Labute approximate surface area is 198 Å². The summed E-state index contributed by atoms with van der Waals surface area (Å²) in [4.78, 5) is 42.4. The predicted octanol–water partition coefficient (Wildman–Crippen LogP) is 2.97. The van der Waals surface area contributed by atoms with Gasteiger partial charge in [0.05, 0.1) is 11.8 Å². The van der Waals surface area contributed by atoms with Crippen LogP contribution in [0.2, 0.25) is 0 Å². The van der Waals surface area contributed by atoms with Crippen LogP contribution in [-0.4, -0.2) is 47.2 Å². The van der Waals surface area contributed by atoms with Crippen LogP contribution in [0, 0.1) is 11.8 Å². The summed E-state index contributed by atoms with van der Waals surface area (Å²) < 4.78 is 0. The van der Waals surface area contributed by atoms with Gasteiger partial charge in [-0.05, 0) is 42.4 Å². The van der Waals surface area contributed by atoms with E-state index in [0.29, 0.717) is 13.0 Å². The second-order valence-corrected chi connectivity index (χ2v) is 10.0. The van der Waals surface area contributed by atoms with Crippen LogP contribution in [-0.2, 0) is 32.8 Å². The lowest BCUT2D eigenvalue weighted by molar-refractivity contribution is -0.142. The van der Waals surface area contributed by atoms with E-state index in [1.807, 2.05) is 54.8 Å². The standard InChI is InChI=1S/C26H29N3O3S/c1-3-17-10-7-11-18-22(17)27-25(32)26(18)21-20(19(28-26)13-15-33-2)23(30)29(24(21)31)14-12-16-8-5-4-6-9-16/h4-11,19-21,28H,3,12-15H2,1-2H3,(H,27,32)/t19-,20-,21+,26-/m1/s1. The van der Waals surface area contributed by atoms with E-state index in [1.54, 1.807) is 11.8 Å². The number of likely N-dealkylation sites (tertiary alicyclic amines) is 1. The zero-order valence-corrected chi connectivity index (χ0v) is 19.8. The van der Waals surface area contributed by atoms with Gasteiger partial charge in [0.25, 0.3) is 0 Å². The third kappa shape index (κ3) is 3.32. The third-order valence-corrected chi connectivity index (χ3v) is 8.05. The molecular weight excluding hydrogens is 434 g/mol. The molecule has 6 nitrogen and oxygen atoms in total.